The molecule has 2 heterocycles. The topological polar surface area (TPSA) is 60.0 Å². The summed E-state index contributed by atoms with van der Waals surface area (Å²) in [5.41, 5.74) is 1.01. The van der Waals surface area contributed by atoms with Crippen LogP contribution in [0, 0.1) is 0 Å². The van der Waals surface area contributed by atoms with Gasteiger partial charge in [-0.3, -0.25) is 4.79 Å². The van der Waals surface area contributed by atoms with E-state index < -0.39 is 0 Å². The van der Waals surface area contributed by atoms with Crippen molar-refractivity contribution >= 4 is 27.3 Å². The summed E-state index contributed by atoms with van der Waals surface area (Å²) in [5, 5.41) is 4.17. The molecule has 3 aromatic rings. The number of carbonyl (C=O) groups excluding carboxylic acids is 1. The van der Waals surface area contributed by atoms with Gasteiger partial charge in [-0.2, -0.15) is 0 Å². The molecule has 4 rings (SSSR count). The van der Waals surface area contributed by atoms with E-state index in [2.05, 4.69) is 29.4 Å². The summed E-state index contributed by atoms with van der Waals surface area (Å²) < 4.78 is 18.3. The Morgan fingerprint density at radius 3 is 2.77 bits per heavy atom. The van der Waals surface area contributed by atoms with E-state index in [9.17, 15) is 4.79 Å². The van der Waals surface area contributed by atoms with Gasteiger partial charge in [-0.15, -0.1) is 11.3 Å². The van der Waals surface area contributed by atoms with Crippen molar-refractivity contribution in [3.8, 4) is 11.5 Å². The van der Waals surface area contributed by atoms with Gasteiger partial charge in [0.15, 0.2) is 11.5 Å². The van der Waals surface area contributed by atoms with Crippen LogP contribution in [0.5, 0.6) is 11.5 Å². The molecule has 1 atom stereocenters. The SMILES string of the molecule is COc1ccccc1OCCCNC(=O)c1sc2ccccc2c1C1CN(C)CCO1. The number of methoxy groups -OCH3 is 1. The second kappa shape index (κ2) is 10.1. The van der Waals surface area contributed by atoms with E-state index in [1.165, 1.54) is 11.3 Å². The summed E-state index contributed by atoms with van der Waals surface area (Å²) in [5.74, 6) is 1.37. The molecule has 2 aromatic carbocycles. The first kappa shape index (κ1) is 21.6. The number of benzene rings is 2. The Kier molecular flexibility index (Phi) is 7.06. The second-order valence-corrected chi connectivity index (χ2v) is 8.62. The van der Waals surface area contributed by atoms with E-state index in [1.807, 2.05) is 36.4 Å². The number of nitrogens with one attached hydrogen (secondary N) is 1. The van der Waals surface area contributed by atoms with E-state index in [-0.39, 0.29) is 12.0 Å². The van der Waals surface area contributed by atoms with Gasteiger partial charge >= 0.3 is 0 Å². The molecule has 6 nitrogen and oxygen atoms in total. The molecule has 0 bridgehead atoms. The lowest BCUT2D eigenvalue weighted by molar-refractivity contribution is -0.0202. The van der Waals surface area contributed by atoms with Crippen LogP contribution in [-0.4, -0.2) is 57.8 Å². The predicted molar refractivity (Wildman–Crippen MR) is 123 cm³/mol. The first-order valence-electron chi connectivity index (χ1n) is 10.5. The maximum atomic E-state index is 13.1. The van der Waals surface area contributed by atoms with Crippen LogP contribution in [0.4, 0.5) is 0 Å². The highest BCUT2D eigenvalue weighted by molar-refractivity contribution is 7.21. The number of rotatable bonds is 8. The number of fused-ring (bicyclic) bond motifs is 1. The Balaban J connectivity index is 1.40. The van der Waals surface area contributed by atoms with Crippen LogP contribution in [0.25, 0.3) is 10.1 Å². The van der Waals surface area contributed by atoms with Crippen molar-refractivity contribution < 1.29 is 19.0 Å². The molecule has 1 aliphatic heterocycles. The van der Waals surface area contributed by atoms with Crippen LogP contribution in [0.1, 0.15) is 27.8 Å². The first-order chi connectivity index (χ1) is 15.2. The van der Waals surface area contributed by atoms with E-state index in [0.717, 1.165) is 33.6 Å². The van der Waals surface area contributed by atoms with Crippen LogP contribution in [0.3, 0.4) is 0 Å². The average Bonchev–Trinajstić information content (AvgIpc) is 3.19. The molecule has 0 radical (unpaired) electrons. The van der Waals surface area contributed by atoms with Crippen molar-refractivity contribution in [3.05, 3.63) is 59.0 Å². The quantitative estimate of drug-likeness (QED) is 0.534. The molecule has 0 saturated carbocycles. The van der Waals surface area contributed by atoms with Crippen molar-refractivity contribution in [1.82, 2.24) is 10.2 Å². The largest absolute Gasteiger partial charge is 0.493 e. The van der Waals surface area contributed by atoms with Crippen LogP contribution in [-0.2, 0) is 4.74 Å². The van der Waals surface area contributed by atoms with Crippen LogP contribution < -0.4 is 14.8 Å². The maximum absolute atomic E-state index is 13.1. The highest BCUT2D eigenvalue weighted by atomic mass is 32.1. The fraction of sp³-hybridized carbons (Fsp3) is 0.375. The summed E-state index contributed by atoms with van der Waals surface area (Å²) in [6.07, 6.45) is 0.608. The molecule has 1 fully saturated rings. The third-order valence-corrected chi connectivity index (χ3v) is 6.55. The molecule has 164 valence electrons. The lowest BCUT2D eigenvalue weighted by Gasteiger charge is -2.30. The van der Waals surface area contributed by atoms with Gasteiger partial charge in [0.25, 0.3) is 5.91 Å². The van der Waals surface area contributed by atoms with Crippen molar-refractivity contribution in [1.29, 1.82) is 0 Å². The number of amides is 1. The van der Waals surface area contributed by atoms with E-state index in [1.54, 1.807) is 7.11 Å². The third-order valence-electron chi connectivity index (χ3n) is 5.36. The molecule has 1 amide bonds. The molecule has 1 unspecified atom stereocenters. The molecular formula is C24H28N2O4S. The standard InChI is InChI=1S/C24H28N2O4S/c1-26-13-15-30-20(16-26)22-17-8-3-6-11-21(17)31-23(22)24(27)25-12-7-14-29-19-10-5-4-9-18(19)28-2/h3-6,8-11,20H,7,12-16H2,1-2H3,(H,25,27). The minimum absolute atomic E-state index is 0.0506. The van der Waals surface area contributed by atoms with Gasteiger partial charge < -0.3 is 24.4 Å². The summed E-state index contributed by atoms with van der Waals surface area (Å²) in [6, 6.07) is 15.7. The smallest absolute Gasteiger partial charge is 0.261 e. The molecule has 1 aromatic heterocycles. The number of para-hydroxylation sites is 2. The van der Waals surface area contributed by atoms with Gasteiger partial charge in [0, 0.05) is 29.9 Å². The number of ether oxygens (including phenoxy) is 3. The van der Waals surface area contributed by atoms with E-state index in [0.29, 0.717) is 37.7 Å². The zero-order valence-corrected chi connectivity index (χ0v) is 18.7. The number of thiophene rings is 1. The van der Waals surface area contributed by atoms with E-state index >= 15 is 0 Å². The Bertz CT molecular complexity index is 1040. The van der Waals surface area contributed by atoms with Gasteiger partial charge in [-0.1, -0.05) is 30.3 Å². The molecule has 0 spiro atoms. The average molecular weight is 441 g/mol. The minimum Gasteiger partial charge on any atom is -0.493 e. The van der Waals surface area contributed by atoms with Crippen molar-refractivity contribution in [2.45, 2.75) is 12.5 Å². The number of carbonyl (C=O) groups is 1. The lowest BCUT2D eigenvalue weighted by Crippen LogP contribution is -2.36. The number of nitrogens with zero attached hydrogens (tertiary/aromatic N) is 1. The summed E-state index contributed by atoms with van der Waals surface area (Å²) in [7, 11) is 3.71. The normalized spacial score (nSPS) is 16.9. The second-order valence-electron chi connectivity index (χ2n) is 7.57. The highest BCUT2D eigenvalue weighted by Gasteiger charge is 2.28. The van der Waals surface area contributed by atoms with Crippen LogP contribution in [0.15, 0.2) is 48.5 Å². The predicted octanol–water partition coefficient (Wildman–Crippen LogP) is 4.11. The van der Waals surface area contributed by atoms with Gasteiger partial charge in [0.2, 0.25) is 0 Å². The molecule has 7 heteroatoms. The zero-order chi connectivity index (χ0) is 21.6. The maximum Gasteiger partial charge on any atom is 0.261 e. The third kappa shape index (κ3) is 5.01. The molecule has 1 N–H and O–H groups in total. The van der Waals surface area contributed by atoms with Crippen LogP contribution >= 0.6 is 11.3 Å². The summed E-state index contributed by atoms with van der Waals surface area (Å²) >= 11 is 1.53. The molecule has 1 aliphatic rings. The Morgan fingerprint density at radius 2 is 1.97 bits per heavy atom. The van der Waals surface area contributed by atoms with Gasteiger partial charge in [0.05, 0.1) is 31.3 Å². The van der Waals surface area contributed by atoms with Gasteiger partial charge in [-0.05, 0) is 37.1 Å². The highest BCUT2D eigenvalue weighted by Crippen LogP contribution is 2.38. The molecule has 0 aliphatic carbocycles. The molecular weight excluding hydrogens is 412 g/mol. The Morgan fingerprint density at radius 1 is 1.19 bits per heavy atom. The summed E-state index contributed by atoms with van der Waals surface area (Å²) in [4.78, 5) is 16.1. The van der Waals surface area contributed by atoms with Gasteiger partial charge in [-0.25, -0.2) is 0 Å². The fourth-order valence-corrected chi connectivity index (χ4v) is 4.95. The fourth-order valence-electron chi connectivity index (χ4n) is 3.78. The van der Waals surface area contributed by atoms with Crippen molar-refractivity contribution in [2.75, 3.05) is 47.0 Å². The van der Waals surface area contributed by atoms with Crippen molar-refractivity contribution in [2.24, 2.45) is 0 Å². The molecule has 1 saturated heterocycles. The number of hydrogen-bond donors (Lipinski definition) is 1. The number of likely N-dealkylation sites (N-methyl/N-ethyl adjacent to an activating group) is 1. The van der Waals surface area contributed by atoms with Crippen molar-refractivity contribution in [3.63, 3.8) is 0 Å². The Labute approximate surface area is 186 Å². The monoisotopic (exact) mass is 440 g/mol. The number of morpholine rings is 1. The Hall–Kier alpha value is -2.61. The minimum atomic E-state index is -0.0930. The number of hydrogen-bond acceptors (Lipinski definition) is 6. The summed E-state index contributed by atoms with van der Waals surface area (Å²) in [6.45, 7) is 3.40. The van der Waals surface area contributed by atoms with Gasteiger partial charge in [0.1, 0.15) is 0 Å². The lowest BCUT2D eigenvalue weighted by atomic mass is 10.0. The molecule has 31 heavy (non-hydrogen) atoms. The zero-order valence-electron chi connectivity index (χ0n) is 17.9. The van der Waals surface area contributed by atoms with E-state index in [4.69, 9.17) is 14.2 Å². The van der Waals surface area contributed by atoms with Crippen LogP contribution in [0.2, 0.25) is 0 Å². The first-order valence-corrected chi connectivity index (χ1v) is 11.3.